The average Bonchev–Trinajstić information content (AvgIpc) is 2.71. The predicted molar refractivity (Wildman–Crippen MR) is 107 cm³/mol. The third kappa shape index (κ3) is 5.74. The van der Waals surface area contributed by atoms with Crippen molar-refractivity contribution in [1.82, 2.24) is 10.3 Å². The van der Waals surface area contributed by atoms with Crippen LogP contribution in [0.25, 0.3) is 0 Å². The number of nitrogens with one attached hydrogen (secondary N) is 1. The van der Waals surface area contributed by atoms with Gasteiger partial charge in [-0.1, -0.05) is 6.07 Å². The zero-order chi connectivity index (χ0) is 20.8. The summed E-state index contributed by atoms with van der Waals surface area (Å²) < 4.78 is 38.8. The van der Waals surface area contributed by atoms with Gasteiger partial charge < -0.3 is 14.8 Å². The number of pyridine rings is 1. The maximum Gasteiger partial charge on any atom is 0.261 e. The maximum absolute atomic E-state index is 14.3. The van der Waals surface area contributed by atoms with E-state index in [2.05, 4.69) is 26.2 Å². The van der Waals surface area contributed by atoms with Crippen LogP contribution in [0.15, 0.2) is 65.4 Å². The van der Waals surface area contributed by atoms with Crippen LogP contribution < -0.4 is 14.8 Å². The number of benzene rings is 2. The summed E-state index contributed by atoms with van der Waals surface area (Å²) in [6, 6.07) is 11.7. The number of carbonyl (C=O) groups is 1. The van der Waals surface area contributed by atoms with Gasteiger partial charge in [0.25, 0.3) is 5.91 Å². The third-order valence-corrected chi connectivity index (χ3v) is 4.51. The molecule has 150 valence electrons. The number of rotatable bonds is 7. The molecule has 8 heteroatoms. The van der Waals surface area contributed by atoms with Crippen molar-refractivity contribution in [1.29, 1.82) is 0 Å². The van der Waals surface area contributed by atoms with Crippen LogP contribution in [0.4, 0.5) is 8.78 Å². The van der Waals surface area contributed by atoms with Crippen LogP contribution in [0, 0.1) is 11.6 Å². The lowest BCUT2D eigenvalue weighted by atomic mass is 10.2. The molecule has 0 aliphatic carbocycles. The highest BCUT2D eigenvalue weighted by atomic mass is 79.9. The van der Waals surface area contributed by atoms with Gasteiger partial charge in [0.05, 0.1) is 10.7 Å². The normalized spacial score (nSPS) is 11.6. The highest BCUT2D eigenvalue weighted by Crippen LogP contribution is 2.27. The number of carbonyl (C=O) groups excluding carboxylic acids is 1. The molecule has 1 heterocycles. The third-order valence-electron chi connectivity index (χ3n) is 3.89. The molecule has 1 atom stereocenters. The van der Waals surface area contributed by atoms with E-state index in [0.29, 0.717) is 21.5 Å². The zero-order valence-corrected chi connectivity index (χ0v) is 16.9. The molecular weight excluding hydrogens is 446 g/mol. The van der Waals surface area contributed by atoms with E-state index in [1.165, 1.54) is 36.5 Å². The van der Waals surface area contributed by atoms with Crippen molar-refractivity contribution in [2.45, 2.75) is 19.6 Å². The van der Waals surface area contributed by atoms with Crippen molar-refractivity contribution < 1.29 is 23.0 Å². The quantitative estimate of drug-likeness (QED) is 0.536. The van der Waals surface area contributed by atoms with Gasteiger partial charge in [0.15, 0.2) is 17.7 Å². The Labute approximate surface area is 174 Å². The van der Waals surface area contributed by atoms with E-state index in [9.17, 15) is 13.6 Å². The Bertz CT molecular complexity index is 1000. The number of hydrogen-bond acceptors (Lipinski definition) is 4. The van der Waals surface area contributed by atoms with E-state index in [1.807, 2.05) is 0 Å². The summed E-state index contributed by atoms with van der Waals surface area (Å²) in [6.07, 6.45) is 2.25. The number of nitrogens with zero attached hydrogens (tertiary/aromatic N) is 1. The van der Waals surface area contributed by atoms with Crippen molar-refractivity contribution in [3.8, 4) is 17.2 Å². The molecule has 0 spiro atoms. The fraction of sp³-hybridized carbons (Fsp3) is 0.143. The first-order chi connectivity index (χ1) is 13.9. The first kappa shape index (κ1) is 20.7. The molecule has 0 bridgehead atoms. The minimum Gasteiger partial charge on any atom is -0.480 e. The van der Waals surface area contributed by atoms with Gasteiger partial charge in [-0.2, -0.15) is 0 Å². The van der Waals surface area contributed by atoms with E-state index >= 15 is 0 Å². The van der Waals surface area contributed by atoms with Gasteiger partial charge in [0.1, 0.15) is 17.3 Å². The standard InChI is InChI=1S/C21H17BrF2N2O3/c1-13(28-19-7-5-15(23)10-17(19)22)21(27)26-11-14-4-6-20(18(24)9-14)29-16-3-2-8-25-12-16/h2-10,12-13H,11H2,1H3,(H,26,27). The molecule has 3 aromatic rings. The predicted octanol–water partition coefficient (Wildman–Crippen LogP) is 5.00. The molecule has 0 radical (unpaired) electrons. The number of halogens is 3. The molecular formula is C21H17BrF2N2O3. The van der Waals surface area contributed by atoms with Gasteiger partial charge in [0.2, 0.25) is 0 Å². The monoisotopic (exact) mass is 462 g/mol. The summed E-state index contributed by atoms with van der Waals surface area (Å²) in [7, 11) is 0. The molecule has 0 fully saturated rings. The molecule has 1 unspecified atom stereocenters. The molecule has 0 saturated heterocycles. The van der Waals surface area contributed by atoms with Gasteiger partial charge in [-0.05, 0) is 70.9 Å². The Hall–Kier alpha value is -3.00. The molecule has 0 saturated carbocycles. The first-order valence-corrected chi connectivity index (χ1v) is 9.47. The topological polar surface area (TPSA) is 60.5 Å². The summed E-state index contributed by atoms with van der Waals surface area (Å²) >= 11 is 3.18. The van der Waals surface area contributed by atoms with Crippen molar-refractivity contribution in [3.05, 3.63) is 82.6 Å². The van der Waals surface area contributed by atoms with Crippen LogP contribution in [0.3, 0.4) is 0 Å². The van der Waals surface area contributed by atoms with Gasteiger partial charge >= 0.3 is 0 Å². The second kappa shape index (κ2) is 9.47. The number of aromatic nitrogens is 1. The van der Waals surface area contributed by atoms with E-state index < -0.39 is 23.6 Å². The summed E-state index contributed by atoms with van der Waals surface area (Å²) in [5.74, 6) is -0.537. The first-order valence-electron chi connectivity index (χ1n) is 8.68. The maximum atomic E-state index is 14.3. The van der Waals surface area contributed by atoms with E-state index in [1.54, 1.807) is 31.3 Å². The highest BCUT2D eigenvalue weighted by Gasteiger charge is 2.16. The Kier molecular flexibility index (Phi) is 6.77. The zero-order valence-electron chi connectivity index (χ0n) is 15.4. The molecule has 1 N–H and O–H groups in total. The lowest BCUT2D eigenvalue weighted by molar-refractivity contribution is -0.127. The molecule has 0 aliphatic heterocycles. The largest absolute Gasteiger partial charge is 0.480 e. The lowest BCUT2D eigenvalue weighted by Crippen LogP contribution is -2.36. The van der Waals surface area contributed by atoms with Gasteiger partial charge in [-0.3, -0.25) is 9.78 Å². The fourth-order valence-corrected chi connectivity index (χ4v) is 2.86. The summed E-state index contributed by atoms with van der Waals surface area (Å²) in [6.45, 7) is 1.68. The van der Waals surface area contributed by atoms with Gasteiger partial charge in [0, 0.05) is 12.7 Å². The number of amides is 1. The second-order valence-corrected chi connectivity index (χ2v) is 6.96. The van der Waals surface area contributed by atoms with E-state index in [4.69, 9.17) is 9.47 Å². The molecule has 29 heavy (non-hydrogen) atoms. The molecule has 2 aromatic carbocycles. The lowest BCUT2D eigenvalue weighted by Gasteiger charge is -2.16. The van der Waals surface area contributed by atoms with Crippen LogP contribution >= 0.6 is 15.9 Å². The van der Waals surface area contributed by atoms with Crippen LogP contribution in [-0.4, -0.2) is 17.0 Å². The van der Waals surface area contributed by atoms with Crippen molar-refractivity contribution in [2.24, 2.45) is 0 Å². The molecule has 5 nitrogen and oxygen atoms in total. The Balaban J connectivity index is 1.56. The van der Waals surface area contributed by atoms with E-state index in [-0.39, 0.29) is 12.3 Å². The average molecular weight is 463 g/mol. The smallest absolute Gasteiger partial charge is 0.261 e. The molecule has 3 rings (SSSR count). The second-order valence-electron chi connectivity index (χ2n) is 6.11. The minimum absolute atomic E-state index is 0.0611. The molecule has 1 amide bonds. The molecule has 1 aromatic heterocycles. The Morgan fingerprint density at radius 2 is 1.97 bits per heavy atom. The van der Waals surface area contributed by atoms with Crippen LogP contribution in [0.1, 0.15) is 12.5 Å². The van der Waals surface area contributed by atoms with Crippen LogP contribution in [0.5, 0.6) is 17.2 Å². The number of hydrogen-bond donors (Lipinski definition) is 1. The van der Waals surface area contributed by atoms with Crippen molar-refractivity contribution in [3.63, 3.8) is 0 Å². The Morgan fingerprint density at radius 3 is 2.66 bits per heavy atom. The summed E-state index contributed by atoms with van der Waals surface area (Å²) in [5, 5.41) is 2.68. The SMILES string of the molecule is CC(Oc1ccc(F)cc1Br)C(=O)NCc1ccc(Oc2cccnc2)c(F)c1. The van der Waals surface area contributed by atoms with Crippen LogP contribution in [0.2, 0.25) is 0 Å². The fourth-order valence-electron chi connectivity index (χ4n) is 2.42. The van der Waals surface area contributed by atoms with Gasteiger partial charge in [-0.15, -0.1) is 0 Å². The highest BCUT2D eigenvalue weighted by molar-refractivity contribution is 9.10. The summed E-state index contributed by atoms with van der Waals surface area (Å²) in [5.41, 5.74) is 0.560. The van der Waals surface area contributed by atoms with Crippen molar-refractivity contribution >= 4 is 21.8 Å². The number of ether oxygens (including phenoxy) is 2. The summed E-state index contributed by atoms with van der Waals surface area (Å²) in [4.78, 5) is 16.1. The van der Waals surface area contributed by atoms with Gasteiger partial charge in [-0.25, -0.2) is 8.78 Å². The Morgan fingerprint density at radius 1 is 1.17 bits per heavy atom. The van der Waals surface area contributed by atoms with E-state index in [0.717, 1.165) is 0 Å². The minimum atomic E-state index is -0.824. The van der Waals surface area contributed by atoms with Crippen LogP contribution in [-0.2, 0) is 11.3 Å². The van der Waals surface area contributed by atoms with Crippen molar-refractivity contribution in [2.75, 3.05) is 0 Å². The molecule has 0 aliphatic rings.